The van der Waals surface area contributed by atoms with E-state index in [-0.39, 0.29) is 0 Å². The minimum Gasteiger partial charge on any atom is -0.496 e. The van der Waals surface area contributed by atoms with E-state index in [0.717, 1.165) is 30.0 Å². The summed E-state index contributed by atoms with van der Waals surface area (Å²) in [5.41, 5.74) is 1.40. The summed E-state index contributed by atoms with van der Waals surface area (Å²) in [4.78, 5) is 0. The number of para-hydroxylation sites is 1. The molecule has 1 fully saturated rings. The number of hydrogen-bond donors (Lipinski definition) is 1. The summed E-state index contributed by atoms with van der Waals surface area (Å²) in [6, 6.07) is 8.57. The molecule has 0 radical (unpaired) electrons. The summed E-state index contributed by atoms with van der Waals surface area (Å²) in [6.45, 7) is 5.83. The second-order valence-electron chi connectivity index (χ2n) is 6.48. The monoisotopic (exact) mass is 275 g/mol. The molecule has 1 aromatic carbocycles. The molecule has 1 N–H and O–H groups in total. The number of ether oxygens (including phenoxy) is 1. The molecule has 0 spiro atoms. The van der Waals surface area contributed by atoms with E-state index >= 15 is 0 Å². The van der Waals surface area contributed by atoms with E-state index < -0.39 is 0 Å². The first kappa shape index (κ1) is 15.4. The molecule has 0 aromatic heterocycles. The first-order valence-corrected chi connectivity index (χ1v) is 7.94. The lowest BCUT2D eigenvalue weighted by atomic mass is 9.68. The zero-order valence-corrected chi connectivity index (χ0v) is 13.4. The Morgan fingerprint density at radius 3 is 2.65 bits per heavy atom. The molecule has 1 aliphatic carbocycles. The molecule has 112 valence electrons. The lowest BCUT2D eigenvalue weighted by Crippen LogP contribution is -2.32. The summed E-state index contributed by atoms with van der Waals surface area (Å²) in [6.07, 6.45) is 3.99. The number of methoxy groups -OCH3 is 1. The second-order valence-corrected chi connectivity index (χ2v) is 6.48. The van der Waals surface area contributed by atoms with Crippen LogP contribution in [0.2, 0.25) is 0 Å². The Bertz CT molecular complexity index is 416. The fourth-order valence-electron chi connectivity index (χ4n) is 3.73. The van der Waals surface area contributed by atoms with Crippen LogP contribution in [0.1, 0.15) is 44.6 Å². The van der Waals surface area contributed by atoms with Gasteiger partial charge in [-0.3, -0.25) is 0 Å². The van der Waals surface area contributed by atoms with Crippen LogP contribution in [-0.4, -0.2) is 20.7 Å². The topological polar surface area (TPSA) is 21.3 Å². The van der Waals surface area contributed by atoms with Crippen LogP contribution in [-0.2, 0) is 0 Å². The average Bonchev–Trinajstić information content (AvgIpc) is 2.47. The van der Waals surface area contributed by atoms with Gasteiger partial charge in [-0.25, -0.2) is 0 Å². The van der Waals surface area contributed by atoms with Gasteiger partial charge in [0.25, 0.3) is 0 Å². The molecule has 0 amide bonds. The lowest BCUT2D eigenvalue weighted by Gasteiger charge is -2.38. The normalized spacial score (nSPS) is 26.8. The Morgan fingerprint density at radius 1 is 1.25 bits per heavy atom. The highest BCUT2D eigenvalue weighted by Gasteiger charge is 2.33. The van der Waals surface area contributed by atoms with Crippen molar-refractivity contribution in [1.29, 1.82) is 0 Å². The molecular weight excluding hydrogens is 246 g/mol. The van der Waals surface area contributed by atoms with Crippen molar-refractivity contribution < 1.29 is 4.74 Å². The van der Waals surface area contributed by atoms with Crippen molar-refractivity contribution in [2.24, 2.45) is 17.8 Å². The Hall–Kier alpha value is -1.02. The molecule has 2 rings (SSSR count). The van der Waals surface area contributed by atoms with Crippen LogP contribution in [0.15, 0.2) is 24.3 Å². The van der Waals surface area contributed by atoms with Crippen molar-refractivity contribution in [2.75, 3.05) is 20.7 Å². The van der Waals surface area contributed by atoms with Gasteiger partial charge in [-0.1, -0.05) is 32.0 Å². The first-order valence-electron chi connectivity index (χ1n) is 7.94. The molecule has 0 heterocycles. The molecule has 1 aromatic rings. The van der Waals surface area contributed by atoms with Gasteiger partial charge in [-0.15, -0.1) is 0 Å². The zero-order chi connectivity index (χ0) is 14.5. The second kappa shape index (κ2) is 7.12. The van der Waals surface area contributed by atoms with Gasteiger partial charge >= 0.3 is 0 Å². The third-order valence-corrected chi connectivity index (χ3v) is 4.98. The molecule has 2 heteroatoms. The third kappa shape index (κ3) is 3.35. The molecule has 0 bridgehead atoms. The lowest BCUT2D eigenvalue weighted by molar-refractivity contribution is 0.190. The minimum atomic E-state index is 0.625. The van der Waals surface area contributed by atoms with Gasteiger partial charge in [0, 0.05) is 0 Å². The maximum atomic E-state index is 5.60. The van der Waals surface area contributed by atoms with Crippen LogP contribution in [0.4, 0.5) is 0 Å². The highest BCUT2D eigenvalue weighted by atomic mass is 16.5. The van der Waals surface area contributed by atoms with Crippen molar-refractivity contribution in [2.45, 2.75) is 39.0 Å². The summed E-state index contributed by atoms with van der Waals surface area (Å²) < 4.78 is 5.60. The Morgan fingerprint density at radius 2 is 2.00 bits per heavy atom. The Labute approximate surface area is 123 Å². The maximum absolute atomic E-state index is 5.60. The van der Waals surface area contributed by atoms with Crippen LogP contribution in [0, 0.1) is 17.8 Å². The minimum absolute atomic E-state index is 0.625. The van der Waals surface area contributed by atoms with Gasteiger partial charge < -0.3 is 10.1 Å². The fraction of sp³-hybridized carbons (Fsp3) is 0.667. The number of rotatable bonds is 5. The van der Waals surface area contributed by atoms with Crippen LogP contribution in [0.5, 0.6) is 5.75 Å². The fourth-order valence-corrected chi connectivity index (χ4v) is 3.73. The van der Waals surface area contributed by atoms with Gasteiger partial charge in [0.2, 0.25) is 0 Å². The standard InChI is InChI=1S/C18H29NO/c1-13(2)14-9-10-15(12-19-3)17(11-14)16-7-5-6-8-18(16)20-4/h5-8,13-15,17,19H,9-12H2,1-4H3. The highest BCUT2D eigenvalue weighted by molar-refractivity contribution is 5.37. The van der Waals surface area contributed by atoms with Crippen molar-refractivity contribution in [1.82, 2.24) is 5.32 Å². The molecule has 20 heavy (non-hydrogen) atoms. The van der Waals surface area contributed by atoms with E-state index in [2.05, 4.69) is 50.5 Å². The number of hydrogen-bond acceptors (Lipinski definition) is 2. The molecule has 3 unspecified atom stereocenters. The Balaban J connectivity index is 2.26. The largest absolute Gasteiger partial charge is 0.496 e. The maximum Gasteiger partial charge on any atom is 0.122 e. The molecule has 0 aliphatic heterocycles. The molecule has 1 saturated carbocycles. The zero-order valence-electron chi connectivity index (χ0n) is 13.4. The van der Waals surface area contributed by atoms with Crippen LogP contribution < -0.4 is 10.1 Å². The summed E-state index contributed by atoms with van der Waals surface area (Å²) >= 11 is 0. The van der Waals surface area contributed by atoms with Gasteiger partial charge in [0.05, 0.1) is 7.11 Å². The molecule has 2 nitrogen and oxygen atoms in total. The van der Waals surface area contributed by atoms with Crippen LogP contribution in [0.25, 0.3) is 0 Å². The van der Waals surface area contributed by atoms with Crippen molar-refractivity contribution >= 4 is 0 Å². The molecule has 3 atom stereocenters. The summed E-state index contributed by atoms with van der Waals surface area (Å²) in [7, 11) is 3.85. The highest BCUT2D eigenvalue weighted by Crippen LogP contribution is 2.45. The quantitative estimate of drug-likeness (QED) is 0.874. The summed E-state index contributed by atoms with van der Waals surface area (Å²) in [5, 5.41) is 3.38. The first-order chi connectivity index (χ1) is 9.67. The van der Waals surface area contributed by atoms with Gasteiger partial charge in [-0.2, -0.15) is 0 Å². The van der Waals surface area contributed by atoms with Gasteiger partial charge in [0.1, 0.15) is 5.75 Å². The van der Waals surface area contributed by atoms with E-state index in [1.165, 1.54) is 24.8 Å². The SMILES string of the molecule is CNCC1CCC(C(C)C)CC1c1ccccc1OC. The van der Waals surface area contributed by atoms with Gasteiger partial charge in [0.15, 0.2) is 0 Å². The molecule has 0 saturated heterocycles. The summed E-state index contributed by atoms with van der Waals surface area (Å²) in [5.74, 6) is 4.04. The van der Waals surface area contributed by atoms with E-state index in [1.54, 1.807) is 7.11 Å². The van der Waals surface area contributed by atoms with Crippen LogP contribution in [0.3, 0.4) is 0 Å². The van der Waals surface area contributed by atoms with E-state index in [9.17, 15) is 0 Å². The predicted octanol–water partition coefficient (Wildman–Crippen LogP) is 4.07. The predicted molar refractivity (Wildman–Crippen MR) is 85.3 cm³/mol. The number of benzene rings is 1. The number of nitrogens with one attached hydrogen (secondary N) is 1. The third-order valence-electron chi connectivity index (χ3n) is 4.98. The van der Waals surface area contributed by atoms with E-state index in [4.69, 9.17) is 4.74 Å². The smallest absolute Gasteiger partial charge is 0.122 e. The van der Waals surface area contributed by atoms with Crippen molar-refractivity contribution in [3.05, 3.63) is 29.8 Å². The Kier molecular flexibility index (Phi) is 5.47. The average molecular weight is 275 g/mol. The molecular formula is C18H29NO. The van der Waals surface area contributed by atoms with E-state index in [1.807, 2.05) is 0 Å². The van der Waals surface area contributed by atoms with Crippen molar-refractivity contribution in [3.63, 3.8) is 0 Å². The van der Waals surface area contributed by atoms with E-state index in [0.29, 0.717) is 5.92 Å². The van der Waals surface area contributed by atoms with Gasteiger partial charge in [-0.05, 0) is 68.2 Å². The molecule has 1 aliphatic rings. The van der Waals surface area contributed by atoms with Crippen LogP contribution >= 0.6 is 0 Å². The van der Waals surface area contributed by atoms with Crippen molar-refractivity contribution in [3.8, 4) is 5.75 Å².